The summed E-state index contributed by atoms with van der Waals surface area (Å²) >= 11 is 13.6. The summed E-state index contributed by atoms with van der Waals surface area (Å²) in [5.74, 6) is 0. The molecule has 0 spiro atoms. The van der Waals surface area contributed by atoms with Crippen molar-refractivity contribution in [3.63, 3.8) is 0 Å². The molecule has 0 aliphatic carbocycles. The minimum atomic E-state index is -0.158. The van der Waals surface area contributed by atoms with E-state index in [1.54, 1.807) is 12.3 Å². The van der Waals surface area contributed by atoms with E-state index in [-0.39, 0.29) is 5.56 Å². The summed E-state index contributed by atoms with van der Waals surface area (Å²) in [6, 6.07) is 3.65. The predicted molar refractivity (Wildman–Crippen MR) is 90.3 cm³/mol. The summed E-state index contributed by atoms with van der Waals surface area (Å²) < 4.78 is 0. The van der Waals surface area contributed by atoms with Gasteiger partial charge in [0, 0.05) is 35.6 Å². The highest BCUT2D eigenvalue weighted by Crippen LogP contribution is 2.32. The fraction of sp³-hybridized carbons (Fsp3) is 0.214. The van der Waals surface area contributed by atoms with Crippen molar-refractivity contribution < 1.29 is 0 Å². The maximum atomic E-state index is 11.7. The number of nitrogens with one attached hydrogen (secondary N) is 2. The lowest BCUT2D eigenvalue weighted by Crippen LogP contribution is -2.35. The standard InChI is InChI=1S/C14H15Cl2N3OS/c1-8-4-13(11(16)5-10(8)15)21-7-12-9(6-19(2)3)14(20)18-17-12/h4-7,17H,1-3H3,(H,18,20)/b9-6?,12-7-. The lowest BCUT2D eigenvalue weighted by atomic mass is 10.2. The molecule has 112 valence electrons. The number of nitrogens with zero attached hydrogens (tertiary/aromatic N) is 1. The molecular formula is C14H15Cl2N3OS. The van der Waals surface area contributed by atoms with Crippen molar-refractivity contribution in [1.82, 2.24) is 15.1 Å². The van der Waals surface area contributed by atoms with Crippen LogP contribution in [-0.2, 0) is 0 Å². The second-order valence-corrected chi connectivity index (χ2v) is 6.49. The van der Waals surface area contributed by atoms with Gasteiger partial charge in [0.15, 0.2) is 0 Å². The van der Waals surface area contributed by atoms with E-state index >= 15 is 0 Å². The van der Waals surface area contributed by atoms with Gasteiger partial charge in [-0.15, -0.1) is 0 Å². The highest BCUT2D eigenvalue weighted by Gasteiger charge is 2.04. The minimum Gasteiger partial charge on any atom is -0.383 e. The summed E-state index contributed by atoms with van der Waals surface area (Å²) in [6.07, 6.45) is 1.76. The largest absolute Gasteiger partial charge is 0.383 e. The van der Waals surface area contributed by atoms with E-state index in [4.69, 9.17) is 23.2 Å². The number of H-pyrrole nitrogens is 2. The number of thioether (sulfide) groups is 1. The second-order valence-electron chi connectivity index (χ2n) is 4.77. The zero-order valence-corrected chi connectivity index (χ0v) is 14.2. The number of hydrogen-bond acceptors (Lipinski definition) is 3. The van der Waals surface area contributed by atoms with Gasteiger partial charge in [0.05, 0.1) is 15.6 Å². The normalized spacial score (nSPS) is 13.0. The average Bonchev–Trinajstić information content (AvgIpc) is 2.73. The smallest absolute Gasteiger partial charge is 0.273 e. The van der Waals surface area contributed by atoms with Crippen LogP contribution in [0.1, 0.15) is 5.56 Å². The third kappa shape index (κ3) is 3.87. The molecule has 0 radical (unpaired) electrons. The summed E-state index contributed by atoms with van der Waals surface area (Å²) in [6.45, 7) is 1.92. The fourth-order valence-corrected chi connectivity index (χ4v) is 3.07. The first kappa shape index (κ1) is 16.1. The molecule has 4 nitrogen and oxygen atoms in total. The highest BCUT2D eigenvalue weighted by atomic mass is 35.5. The Kier molecular flexibility index (Phi) is 5.08. The van der Waals surface area contributed by atoms with Crippen LogP contribution in [0.4, 0.5) is 0 Å². The van der Waals surface area contributed by atoms with E-state index in [2.05, 4.69) is 10.2 Å². The topological polar surface area (TPSA) is 51.9 Å². The van der Waals surface area contributed by atoms with Crippen LogP contribution in [0, 0.1) is 6.92 Å². The summed E-state index contributed by atoms with van der Waals surface area (Å²) in [5, 5.41) is 9.79. The van der Waals surface area contributed by atoms with Gasteiger partial charge in [-0.3, -0.25) is 15.0 Å². The lowest BCUT2D eigenvalue weighted by Gasteiger charge is -2.04. The van der Waals surface area contributed by atoms with Crippen LogP contribution >= 0.6 is 35.0 Å². The first-order valence-corrected chi connectivity index (χ1v) is 7.79. The molecule has 0 bridgehead atoms. The second kappa shape index (κ2) is 6.64. The Morgan fingerprint density at radius 1 is 1.19 bits per heavy atom. The van der Waals surface area contributed by atoms with Crippen molar-refractivity contribution in [2.45, 2.75) is 11.8 Å². The number of aromatic nitrogens is 2. The minimum absolute atomic E-state index is 0.158. The molecule has 1 aromatic heterocycles. The van der Waals surface area contributed by atoms with Gasteiger partial charge < -0.3 is 4.90 Å². The van der Waals surface area contributed by atoms with Crippen LogP contribution in [0.15, 0.2) is 21.8 Å². The number of halogens is 2. The molecule has 0 atom stereocenters. The van der Waals surface area contributed by atoms with Crippen LogP contribution in [0.5, 0.6) is 0 Å². The number of rotatable bonds is 3. The average molecular weight is 344 g/mol. The number of hydrogen-bond donors (Lipinski definition) is 2. The number of aromatic amines is 2. The van der Waals surface area contributed by atoms with Gasteiger partial charge in [-0.1, -0.05) is 35.0 Å². The third-order valence-electron chi connectivity index (χ3n) is 2.75. The van der Waals surface area contributed by atoms with Crippen molar-refractivity contribution in [1.29, 1.82) is 0 Å². The molecule has 0 saturated carbocycles. The Balaban J connectivity index is 2.44. The van der Waals surface area contributed by atoms with Gasteiger partial charge in [0.1, 0.15) is 0 Å². The van der Waals surface area contributed by atoms with Crippen LogP contribution in [0.2, 0.25) is 10.0 Å². The molecule has 21 heavy (non-hydrogen) atoms. The van der Waals surface area contributed by atoms with Crippen LogP contribution in [0.25, 0.3) is 11.6 Å². The molecule has 2 aromatic rings. The zero-order valence-electron chi connectivity index (χ0n) is 11.8. The summed E-state index contributed by atoms with van der Waals surface area (Å²) in [4.78, 5) is 14.4. The number of aryl methyl sites for hydroxylation is 1. The SMILES string of the molecule is Cc1cc(S/C=c2\[nH][nH]c(=O)c2=CN(C)C)c(Cl)cc1Cl. The van der Waals surface area contributed by atoms with Gasteiger partial charge in [-0.05, 0) is 24.6 Å². The van der Waals surface area contributed by atoms with E-state index < -0.39 is 0 Å². The van der Waals surface area contributed by atoms with Crippen LogP contribution in [0.3, 0.4) is 0 Å². The molecule has 0 saturated heterocycles. The Hall–Kier alpha value is -1.30. The highest BCUT2D eigenvalue weighted by molar-refractivity contribution is 8.06. The lowest BCUT2D eigenvalue weighted by molar-refractivity contribution is 0.613. The molecule has 0 aliphatic rings. The van der Waals surface area contributed by atoms with Gasteiger partial charge in [0.2, 0.25) is 0 Å². The van der Waals surface area contributed by atoms with Crippen LogP contribution in [-0.4, -0.2) is 29.2 Å². The van der Waals surface area contributed by atoms with E-state index in [0.29, 0.717) is 20.6 Å². The van der Waals surface area contributed by atoms with E-state index in [1.807, 2.05) is 37.4 Å². The molecule has 2 N–H and O–H groups in total. The van der Waals surface area contributed by atoms with Gasteiger partial charge in [-0.25, -0.2) is 0 Å². The summed E-state index contributed by atoms with van der Waals surface area (Å²) in [7, 11) is 3.73. The number of benzene rings is 1. The van der Waals surface area contributed by atoms with E-state index in [9.17, 15) is 4.79 Å². The third-order valence-corrected chi connectivity index (χ3v) is 4.53. The molecule has 0 unspecified atom stereocenters. The fourth-order valence-electron chi connectivity index (χ4n) is 1.70. The van der Waals surface area contributed by atoms with Gasteiger partial charge in [-0.2, -0.15) is 0 Å². The molecule has 0 fully saturated rings. The Labute approximate surface area is 136 Å². The van der Waals surface area contributed by atoms with Crippen molar-refractivity contribution in [2.24, 2.45) is 0 Å². The van der Waals surface area contributed by atoms with Crippen molar-refractivity contribution in [3.8, 4) is 0 Å². The molecule has 0 amide bonds. The first-order valence-electron chi connectivity index (χ1n) is 6.16. The molecule has 1 heterocycles. The molecular weight excluding hydrogens is 329 g/mol. The molecule has 0 aliphatic heterocycles. The predicted octanol–water partition coefficient (Wildman–Crippen LogP) is 2.15. The molecule has 2 rings (SSSR count). The zero-order chi connectivity index (χ0) is 15.6. The maximum absolute atomic E-state index is 11.7. The van der Waals surface area contributed by atoms with E-state index in [1.165, 1.54) is 11.8 Å². The van der Waals surface area contributed by atoms with E-state index in [0.717, 1.165) is 10.5 Å². The Morgan fingerprint density at radius 3 is 2.57 bits per heavy atom. The maximum Gasteiger partial charge on any atom is 0.273 e. The van der Waals surface area contributed by atoms with Crippen molar-refractivity contribution >= 4 is 46.6 Å². The summed E-state index contributed by atoms with van der Waals surface area (Å²) in [5.41, 5.74) is 0.800. The van der Waals surface area contributed by atoms with Gasteiger partial charge in [0.25, 0.3) is 5.56 Å². The van der Waals surface area contributed by atoms with Crippen molar-refractivity contribution in [2.75, 3.05) is 14.1 Å². The molecule has 1 aromatic carbocycles. The van der Waals surface area contributed by atoms with Crippen LogP contribution < -0.4 is 16.1 Å². The Bertz CT molecular complexity index is 824. The van der Waals surface area contributed by atoms with Gasteiger partial charge >= 0.3 is 0 Å². The quantitative estimate of drug-likeness (QED) is 0.839. The van der Waals surface area contributed by atoms with Crippen molar-refractivity contribution in [3.05, 3.63) is 48.7 Å². The monoisotopic (exact) mass is 343 g/mol. The first-order chi connectivity index (χ1) is 9.88. The Morgan fingerprint density at radius 2 is 1.90 bits per heavy atom. The molecule has 7 heteroatoms.